The van der Waals surface area contributed by atoms with Crippen molar-refractivity contribution in [3.05, 3.63) is 52.0 Å². The van der Waals surface area contributed by atoms with Crippen molar-refractivity contribution in [1.29, 1.82) is 10.5 Å². The summed E-state index contributed by atoms with van der Waals surface area (Å²) < 4.78 is 0.701. The fourth-order valence-corrected chi connectivity index (χ4v) is 1.47. The lowest BCUT2D eigenvalue weighted by Gasteiger charge is -1.92. The van der Waals surface area contributed by atoms with E-state index in [2.05, 4.69) is 15.9 Å². The summed E-state index contributed by atoms with van der Waals surface area (Å²) in [5.74, 6) is 0. The maximum atomic E-state index is 8.55. The van der Waals surface area contributed by atoms with E-state index in [1.54, 1.807) is 12.1 Å². The van der Waals surface area contributed by atoms with E-state index in [9.17, 15) is 0 Å². The van der Waals surface area contributed by atoms with Gasteiger partial charge in [0, 0.05) is 4.48 Å². The average molecular weight is 259 g/mol. The van der Waals surface area contributed by atoms with Crippen molar-refractivity contribution in [3.8, 4) is 12.1 Å². The molecule has 0 radical (unpaired) electrons. The van der Waals surface area contributed by atoms with Crippen LogP contribution in [-0.4, -0.2) is 0 Å². The smallest absolute Gasteiger partial charge is 0.130 e. The number of allylic oxidation sites excluding steroid dienone is 3. The first kappa shape index (κ1) is 11.2. The summed E-state index contributed by atoms with van der Waals surface area (Å²) in [5, 5.41) is 17.1. The van der Waals surface area contributed by atoms with Crippen molar-refractivity contribution in [3.63, 3.8) is 0 Å². The molecule has 72 valence electrons. The number of hydrogen-bond donors (Lipinski definition) is 0. The SMILES string of the molecule is N#CC(C#N)=C/C(Br)=C/c1ccccc1. The van der Waals surface area contributed by atoms with Gasteiger partial charge in [0.1, 0.15) is 17.7 Å². The molecule has 0 aliphatic rings. The van der Waals surface area contributed by atoms with Crippen molar-refractivity contribution < 1.29 is 0 Å². The van der Waals surface area contributed by atoms with Gasteiger partial charge in [-0.25, -0.2) is 0 Å². The van der Waals surface area contributed by atoms with Gasteiger partial charge >= 0.3 is 0 Å². The Labute approximate surface area is 96.9 Å². The van der Waals surface area contributed by atoms with E-state index >= 15 is 0 Å². The third kappa shape index (κ3) is 3.81. The minimum Gasteiger partial charge on any atom is -0.192 e. The second-order valence-electron chi connectivity index (χ2n) is 2.72. The van der Waals surface area contributed by atoms with Crippen LogP contribution < -0.4 is 0 Å². The van der Waals surface area contributed by atoms with Gasteiger partial charge in [-0.3, -0.25) is 0 Å². The predicted molar refractivity (Wildman–Crippen MR) is 62.7 cm³/mol. The largest absolute Gasteiger partial charge is 0.192 e. The summed E-state index contributed by atoms with van der Waals surface area (Å²) in [6.07, 6.45) is 3.34. The molecule has 0 saturated heterocycles. The van der Waals surface area contributed by atoms with Crippen molar-refractivity contribution in [2.24, 2.45) is 0 Å². The van der Waals surface area contributed by atoms with Gasteiger partial charge in [-0.15, -0.1) is 0 Å². The quantitative estimate of drug-likeness (QED) is 0.603. The molecule has 2 nitrogen and oxygen atoms in total. The lowest BCUT2D eigenvalue weighted by atomic mass is 10.2. The highest BCUT2D eigenvalue weighted by Gasteiger charge is 1.94. The molecule has 0 aromatic heterocycles. The fourth-order valence-electron chi connectivity index (χ4n) is 0.978. The van der Waals surface area contributed by atoms with E-state index < -0.39 is 0 Å². The maximum absolute atomic E-state index is 8.55. The second kappa shape index (κ2) is 5.80. The first-order valence-electron chi connectivity index (χ1n) is 4.20. The lowest BCUT2D eigenvalue weighted by molar-refractivity contribution is 1.46. The van der Waals surface area contributed by atoms with Crippen LogP contribution in [0.5, 0.6) is 0 Å². The van der Waals surface area contributed by atoms with Gasteiger partial charge in [-0.05, 0) is 17.7 Å². The molecule has 0 fully saturated rings. The highest BCUT2D eigenvalue weighted by Crippen LogP contribution is 2.14. The Morgan fingerprint density at radius 2 is 1.73 bits per heavy atom. The topological polar surface area (TPSA) is 47.6 Å². The van der Waals surface area contributed by atoms with E-state index in [-0.39, 0.29) is 5.57 Å². The van der Waals surface area contributed by atoms with Crippen LogP contribution in [0.1, 0.15) is 5.56 Å². The predicted octanol–water partition coefficient (Wildman–Crippen LogP) is 3.40. The average Bonchev–Trinajstić information content (AvgIpc) is 2.27. The number of nitrogens with zero attached hydrogens (tertiary/aromatic N) is 2. The molecule has 0 spiro atoms. The first-order chi connectivity index (χ1) is 7.26. The maximum Gasteiger partial charge on any atom is 0.130 e. The number of nitriles is 2. The van der Waals surface area contributed by atoms with Crippen LogP contribution in [0.25, 0.3) is 6.08 Å². The van der Waals surface area contributed by atoms with Gasteiger partial charge in [0.15, 0.2) is 0 Å². The lowest BCUT2D eigenvalue weighted by Crippen LogP contribution is -1.74. The van der Waals surface area contributed by atoms with Gasteiger partial charge < -0.3 is 0 Å². The molecule has 15 heavy (non-hydrogen) atoms. The summed E-state index contributed by atoms with van der Waals surface area (Å²) in [5.41, 5.74) is 1.09. The normalized spacial score (nSPS) is 9.93. The van der Waals surface area contributed by atoms with Crippen LogP contribution in [-0.2, 0) is 0 Å². The summed E-state index contributed by atoms with van der Waals surface area (Å²) in [6, 6.07) is 13.2. The van der Waals surface area contributed by atoms with Crippen molar-refractivity contribution >= 4 is 22.0 Å². The molecule has 1 aromatic carbocycles. The molecule has 0 saturated carbocycles. The van der Waals surface area contributed by atoms with Crippen LogP contribution in [0.3, 0.4) is 0 Å². The Bertz CT molecular complexity index is 457. The molecule has 3 heteroatoms. The zero-order chi connectivity index (χ0) is 11.1. The van der Waals surface area contributed by atoms with E-state index in [1.165, 1.54) is 6.08 Å². The zero-order valence-electron chi connectivity index (χ0n) is 7.81. The van der Waals surface area contributed by atoms with Gasteiger partial charge in [0.25, 0.3) is 0 Å². The molecule has 0 atom stereocenters. The monoisotopic (exact) mass is 258 g/mol. The minimum atomic E-state index is 0.0778. The molecule has 1 rings (SSSR count). The molecule has 1 aromatic rings. The van der Waals surface area contributed by atoms with Gasteiger partial charge in [0.2, 0.25) is 0 Å². The summed E-state index contributed by atoms with van der Waals surface area (Å²) in [6.45, 7) is 0. The van der Waals surface area contributed by atoms with Gasteiger partial charge in [-0.2, -0.15) is 10.5 Å². The summed E-state index contributed by atoms with van der Waals surface area (Å²) >= 11 is 3.28. The van der Waals surface area contributed by atoms with Crippen LogP contribution in [0.4, 0.5) is 0 Å². The second-order valence-corrected chi connectivity index (χ2v) is 3.64. The number of rotatable bonds is 2. The van der Waals surface area contributed by atoms with E-state index in [0.29, 0.717) is 4.48 Å². The molecule has 0 unspecified atom stereocenters. The third-order valence-electron chi connectivity index (χ3n) is 1.63. The molecule has 0 amide bonds. The first-order valence-corrected chi connectivity index (χ1v) is 4.99. The Kier molecular flexibility index (Phi) is 4.34. The fraction of sp³-hybridized carbons (Fsp3) is 0. The van der Waals surface area contributed by atoms with Crippen molar-refractivity contribution in [1.82, 2.24) is 0 Å². The molecule has 0 aliphatic carbocycles. The van der Waals surface area contributed by atoms with Gasteiger partial charge in [-0.1, -0.05) is 46.3 Å². The van der Waals surface area contributed by atoms with E-state index in [1.807, 2.05) is 36.4 Å². The van der Waals surface area contributed by atoms with E-state index in [4.69, 9.17) is 10.5 Å². The Hall–Kier alpha value is -1.84. The molecular formula is C12H7BrN2. The highest BCUT2D eigenvalue weighted by atomic mass is 79.9. The van der Waals surface area contributed by atoms with Crippen molar-refractivity contribution in [2.45, 2.75) is 0 Å². The number of hydrogen-bond acceptors (Lipinski definition) is 2. The highest BCUT2D eigenvalue weighted by molar-refractivity contribution is 9.12. The van der Waals surface area contributed by atoms with Crippen LogP contribution in [0.15, 0.2) is 46.5 Å². The molecule has 0 bridgehead atoms. The third-order valence-corrected chi connectivity index (χ3v) is 2.09. The zero-order valence-corrected chi connectivity index (χ0v) is 9.40. The van der Waals surface area contributed by atoms with Crippen molar-refractivity contribution in [2.75, 3.05) is 0 Å². The van der Waals surface area contributed by atoms with Crippen LogP contribution in [0, 0.1) is 22.7 Å². The molecule has 0 N–H and O–H groups in total. The number of halogens is 1. The molecule has 0 heterocycles. The van der Waals surface area contributed by atoms with Gasteiger partial charge in [0.05, 0.1) is 0 Å². The number of benzene rings is 1. The molecular weight excluding hydrogens is 252 g/mol. The Balaban J connectivity index is 2.93. The molecule has 0 aliphatic heterocycles. The summed E-state index contributed by atoms with van der Waals surface area (Å²) in [7, 11) is 0. The van der Waals surface area contributed by atoms with E-state index in [0.717, 1.165) is 5.56 Å². The minimum absolute atomic E-state index is 0.0778. The Morgan fingerprint density at radius 1 is 1.13 bits per heavy atom. The summed E-state index contributed by atoms with van der Waals surface area (Å²) in [4.78, 5) is 0. The van der Waals surface area contributed by atoms with Crippen LogP contribution >= 0.6 is 15.9 Å². The van der Waals surface area contributed by atoms with Crippen LogP contribution in [0.2, 0.25) is 0 Å². The Morgan fingerprint density at radius 3 is 2.27 bits per heavy atom. The standard InChI is InChI=1S/C12H7BrN2/c13-12(7-11(8-14)9-15)6-10-4-2-1-3-5-10/h1-7H/b12-6-.